The molecule has 0 bridgehead atoms. The second-order valence-corrected chi connectivity index (χ2v) is 25.4. The number of hydrogen-bond acceptors (Lipinski definition) is 19. The molecule has 2 aliphatic heterocycles. The van der Waals surface area contributed by atoms with Gasteiger partial charge in [0.05, 0.1) is 25.7 Å². The van der Waals surface area contributed by atoms with Gasteiger partial charge in [-0.2, -0.15) is 0 Å². The number of carbonyl (C=O) groups excluding carboxylic acids is 4. The number of hydrogen-bond donors (Lipinski definition) is 8. The molecular formula is C72H123NO18. The number of esters is 4. The van der Waals surface area contributed by atoms with Crippen molar-refractivity contribution in [1.82, 2.24) is 0 Å². The molecule has 0 amide bonds. The monoisotopic (exact) mass is 1290 g/mol. The van der Waals surface area contributed by atoms with E-state index in [-0.39, 0.29) is 25.4 Å². The summed E-state index contributed by atoms with van der Waals surface area (Å²) in [4.78, 5) is 54.0. The minimum Gasteiger partial charge on any atom is -0.463 e. The largest absolute Gasteiger partial charge is 0.463 e. The number of benzene rings is 1. The van der Waals surface area contributed by atoms with E-state index >= 15 is 0 Å². The topological polar surface area (TPSA) is 301 Å². The fourth-order valence-electron chi connectivity index (χ4n) is 11.8. The Morgan fingerprint density at radius 1 is 0.505 bits per heavy atom. The number of aliphatic hydroxyl groups excluding tert-OH is 7. The molecule has 2 fully saturated rings. The number of aliphatic hydroxyl groups is 7. The Balaban J connectivity index is 1.71. The highest BCUT2D eigenvalue weighted by molar-refractivity contribution is 5.76. The van der Waals surface area contributed by atoms with Gasteiger partial charge in [0.1, 0.15) is 49.3 Å². The zero-order valence-corrected chi connectivity index (χ0v) is 55.8. The third-order valence-corrected chi connectivity index (χ3v) is 17.4. The molecule has 0 saturated carbocycles. The van der Waals surface area contributed by atoms with Gasteiger partial charge in [0, 0.05) is 12.8 Å². The summed E-state index contributed by atoms with van der Waals surface area (Å²) in [5.41, 5.74) is 7.15. The maximum atomic E-state index is 14.6. The highest BCUT2D eigenvalue weighted by Gasteiger charge is 2.55. The van der Waals surface area contributed by atoms with Crippen LogP contribution in [0.1, 0.15) is 263 Å². The maximum Gasteiger partial charge on any atom is 0.323 e. The lowest BCUT2D eigenvalue weighted by Gasteiger charge is -2.47. The number of unbranched alkanes of at least 4 members (excludes halogenated alkanes) is 29. The van der Waals surface area contributed by atoms with Gasteiger partial charge < -0.3 is 74.6 Å². The Bertz CT molecular complexity index is 2050. The fourth-order valence-corrected chi connectivity index (χ4v) is 11.8. The van der Waals surface area contributed by atoms with Crippen LogP contribution in [-0.2, 0) is 58.8 Å². The van der Waals surface area contributed by atoms with E-state index in [9.17, 15) is 49.8 Å². The highest BCUT2D eigenvalue weighted by atomic mass is 16.7. The van der Waals surface area contributed by atoms with E-state index < -0.39 is 117 Å². The first-order valence-electron chi connectivity index (χ1n) is 35.6. The lowest BCUT2D eigenvalue weighted by atomic mass is 9.93. The van der Waals surface area contributed by atoms with E-state index in [0.29, 0.717) is 25.7 Å². The lowest BCUT2D eigenvalue weighted by molar-refractivity contribution is -0.357. The van der Waals surface area contributed by atoms with Crippen molar-refractivity contribution in [3.8, 4) is 0 Å². The Kier molecular flexibility index (Phi) is 46.9. The van der Waals surface area contributed by atoms with Gasteiger partial charge in [-0.25, -0.2) is 0 Å². The summed E-state index contributed by atoms with van der Waals surface area (Å²) in [7, 11) is 0. The number of nitrogens with two attached hydrogens (primary N) is 1. The molecule has 91 heavy (non-hydrogen) atoms. The molecule has 524 valence electrons. The molecule has 19 heteroatoms. The third kappa shape index (κ3) is 36.0. The first-order chi connectivity index (χ1) is 44.3. The predicted octanol–water partition coefficient (Wildman–Crippen LogP) is 11.3. The number of allylic oxidation sites excluding steroid dienone is 4. The molecule has 2 heterocycles. The molecule has 0 aromatic heterocycles. The van der Waals surface area contributed by atoms with Crippen LogP contribution in [-0.4, -0.2) is 160 Å². The average molecular weight is 1290 g/mol. The summed E-state index contributed by atoms with van der Waals surface area (Å²) in [6.07, 6.45) is 27.7. The Labute approximate surface area is 545 Å². The summed E-state index contributed by atoms with van der Waals surface area (Å²) < 4.78 is 41.3. The zero-order valence-electron chi connectivity index (χ0n) is 55.8. The Hall–Kier alpha value is -3.86. The maximum absolute atomic E-state index is 14.6. The zero-order chi connectivity index (χ0) is 66.1. The van der Waals surface area contributed by atoms with E-state index in [4.69, 9.17) is 44.0 Å². The van der Waals surface area contributed by atoms with Gasteiger partial charge in [0.15, 0.2) is 30.9 Å². The normalized spacial score (nSPS) is 22.9. The molecule has 2 aliphatic rings. The summed E-state index contributed by atoms with van der Waals surface area (Å²) in [5, 5.41) is 73.8. The van der Waals surface area contributed by atoms with Crippen LogP contribution in [0.2, 0.25) is 0 Å². The van der Waals surface area contributed by atoms with Crippen molar-refractivity contribution in [2.24, 2.45) is 11.7 Å². The molecule has 2 saturated heterocycles. The van der Waals surface area contributed by atoms with Crippen LogP contribution in [0.25, 0.3) is 0 Å². The third-order valence-electron chi connectivity index (χ3n) is 17.4. The molecule has 0 spiro atoms. The van der Waals surface area contributed by atoms with Gasteiger partial charge in [-0.05, 0) is 89.0 Å². The van der Waals surface area contributed by atoms with Crippen LogP contribution in [0.15, 0.2) is 54.6 Å². The van der Waals surface area contributed by atoms with Crippen LogP contribution < -0.4 is 5.73 Å². The summed E-state index contributed by atoms with van der Waals surface area (Å²) in [6.45, 7) is 2.20. The number of rotatable bonds is 55. The van der Waals surface area contributed by atoms with Gasteiger partial charge in [-0.1, -0.05) is 223 Å². The van der Waals surface area contributed by atoms with Crippen molar-refractivity contribution >= 4 is 23.9 Å². The second kappa shape index (κ2) is 52.4. The van der Waals surface area contributed by atoms with Crippen molar-refractivity contribution < 1.29 is 88.1 Å². The van der Waals surface area contributed by atoms with Gasteiger partial charge in [-0.3, -0.25) is 19.2 Å². The van der Waals surface area contributed by atoms with E-state index in [1.165, 1.54) is 57.8 Å². The molecule has 3 rings (SSSR count). The minimum atomic E-state index is -1.92. The molecular weight excluding hydrogens is 1170 g/mol. The fraction of sp³-hybridized carbons (Fsp3) is 0.806. The van der Waals surface area contributed by atoms with Crippen molar-refractivity contribution in [3.63, 3.8) is 0 Å². The van der Waals surface area contributed by atoms with Crippen molar-refractivity contribution in [3.05, 3.63) is 60.2 Å². The van der Waals surface area contributed by atoms with Crippen molar-refractivity contribution in [2.75, 3.05) is 26.4 Å². The van der Waals surface area contributed by atoms with Crippen LogP contribution in [0.4, 0.5) is 0 Å². The van der Waals surface area contributed by atoms with Gasteiger partial charge in [0.2, 0.25) is 0 Å². The van der Waals surface area contributed by atoms with Gasteiger partial charge in [0.25, 0.3) is 0 Å². The van der Waals surface area contributed by atoms with E-state index in [1.807, 2.05) is 6.07 Å². The van der Waals surface area contributed by atoms with Crippen LogP contribution in [0, 0.1) is 5.92 Å². The predicted molar refractivity (Wildman–Crippen MR) is 351 cm³/mol. The quantitative estimate of drug-likeness (QED) is 0.0130. The van der Waals surface area contributed by atoms with Crippen LogP contribution in [0.5, 0.6) is 0 Å². The number of carbonyl (C=O) groups is 4. The van der Waals surface area contributed by atoms with Crippen LogP contribution >= 0.6 is 0 Å². The first kappa shape index (κ1) is 81.4. The Morgan fingerprint density at radius 3 is 1.43 bits per heavy atom. The second-order valence-electron chi connectivity index (χ2n) is 25.4. The SMILES string of the molecule is CCCCCCCCC=CCCCCCCC(CCCCCCCCC=CCCCCCCCC(=O)OCC(O)CO)C(=O)O[C@@H]1[C@@H](O)[C@H](O)O[C@H](CO)[C@H]1O[C@H]1O[C@H](CO)[C@@H](O)[C@H](OC(=O)CCCCCCCCCCC)[C@H]1OC(=O)[C@@H](N)Cc1ccccc1. The molecule has 2 unspecified atom stereocenters. The molecule has 19 nitrogen and oxygen atoms in total. The summed E-state index contributed by atoms with van der Waals surface area (Å²) in [5.74, 6) is -3.22. The smallest absolute Gasteiger partial charge is 0.323 e. The van der Waals surface area contributed by atoms with E-state index in [2.05, 4.69) is 38.2 Å². The van der Waals surface area contributed by atoms with Crippen LogP contribution in [0.3, 0.4) is 0 Å². The van der Waals surface area contributed by atoms with E-state index in [0.717, 1.165) is 160 Å². The van der Waals surface area contributed by atoms with Gasteiger partial charge >= 0.3 is 23.9 Å². The summed E-state index contributed by atoms with van der Waals surface area (Å²) in [6, 6.07) is 7.75. The average Bonchev–Trinajstić information content (AvgIpc) is 0.858. The molecule has 1 aromatic carbocycles. The highest BCUT2D eigenvalue weighted by Crippen LogP contribution is 2.34. The summed E-state index contributed by atoms with van der Waals surface area (Å²) >= 11 is 0. The lowest BCUT2D eigenvalue weighted by Crippen LogP contribution is -2.66. The first-order valence-corrected chi connectivity index (χ1v) is 35.6. The van der Waals surface area contributed by atoms with Gasteiger partial charge in [-0.15, -0.1) is 0 Å². The minimum absolute atomic E-state index is 0.0112. The van der Waals surface area contributed by atoms with Crippen molar-refractivity contribution in [1.29, 1.82) is 0 Å². The standard InChI is InChI=1S/C72H123NO18/c1-3-5-7-9-11-13-14-15-19-22-26-29-33-40-46-56(47-41-34-30-27-23-20-17-16-18-21-24-28-31-35-42-48-61(78)85-54-57(77)51-74)69(82)89-67-64(81)71(84)86-60(53-76)65(67)91-72-68(90-70(83)58(73)50-55-44-38-37-39-45-55)66(63(80)59(52-75)87-72)88-62(79)49-43-36-32-25-12-10-8-6-4-2/h15-16,18-19,37-39,44-45,56-60,63-68,71-72,74-77,80-81,84H,3-14,17,20-36,40-43,46-54,73H2,1-2H3/t56?,57?,58-,59+,60+,63+,64+,65+,66-,67+,68+,71+,72+/m0/s1. The molecule has 1 aromatic rings. The Morgan fingerprint density at radius 2 is 0.945 bits per heavy atom. The number of ether oxygens (including phenoxy) is 7. The molecule has 0 aliphatic carbocycles. The van der Waals surface area contributed by atoms with E-state index in [1.54, 1.807) is 24.3 Å². The molecule has 13 atom stereocenters. The molecule has 9 N–H and O–H groups in total. The van der Waals surface area contributed by atoms with Crippen molar-refractivity contribution in [2.45, 2.75) is 338 Å². The molecule has 0 radical (unpaired) electrons.